The van der Waals surface area contributed by atoms with Crippen molar-refractivity contribution in [2.45, 2.75) is 25.3 Å². The number of hydrogen-bond donors (Lipinski definition) is 1. The number of nitrogens with two attached hydrogens (primary N) is 1. The number of benzene rings is 1. The summed E-state index contributed by atoms with van der Waals surface area (Å²) in [4.78, 5) is 11.4. The van der Waals surface area contributed by atoms with Gasteiger partial charge in [0.05, 0.1) is 18.2 Å². The second kappa shape index (κ2) is 4.37. The maximum absolute atomic E-state index is 11.4. The van der Waals surface area contributed by atoms with E-state index in [1.165, 1.54) is 7.11 Å². The van der Waals surface area contributed by atoms with E-state index in [1.54, 1.807) is 12.1 Å². The summed E-state index contributed by atoms with van der Waals surface area (Å²) in [6, 6.07) is 5.27. The number of hydrogen-bond acceptors (Lipinski definition) is 4. The van der Waals surface area contributed by atoms with Gasteiger partial charge in [-0.15, -0.1) is 0 Å². The van der Waals surface area contributed by atoms with Crippen LogP contribution in [0.25, 0.3) is 0 Å². The van der Waals surface area contributed by atoms with E-state index in [0.29, 0.717) is 17.9 Å². The van der Waals surface area contributed by atoms with Crippen LogP contribution in [0.3, 0.4) is 0 Å². The molecule has 0 spiro atoms. The smallest absolute Gasteiger partial charge is 0.337 e. The van der Waals surface area contributed by atoms with Gasteiger partial charge in [-0.2, -0.15) is 0 Å². The highest BCUT2D eigenvalue weighted by Gasteiger charge is 2.39. The minimum absolute atomic E-state index is 0.159. The van der Waals surface area contributed by atoms with Gasteiger partial charge in [0, 0.05) is 0 Å². The fraction of sp³-hybridized carbons (Fsp3) is 0.462. The second-order valence-corrected chi connectivity index (χ2v) is 4.62. The molecule has 92 valence electrons. The number of carbonyl (C=O) groups excluding carboxylic acids is 1. The van der Waals surface area contributed by atoms with E-state index in [2.05, 4.69) is 4.74 Å². The van der Waals surface area contributed by atoms with Gasteiger partial charge in [0.25, 0.3) is 0 Å². The molecular weight excluding hydrogens is 218 g/mol. The lowest BCUT2D eigenvalue weighted by molar-refractivity contribution is 0.0600. The molecule has 1 aromatic carbocycles. The molecule has 4 nitrogen and oxygen atoms in total. The van der Waals surface area contributed by atoms with Crippen LogP contribution < -0.4 is 10.5 Å². The van der Waals surface area contributed by atoms with Gasteiger partial charge < -0.3 is 15.2 Å². The molecule has 2 rings (SSSR count). The highest BCUT2D eigenvalue weighted by molar-refractivity contribution is 5.89. The molecule has 0 amide bonds. The number of ether oxygens (including phenoxy) is 2. The second-order valence-electron chi connectivity index (χ2n) is 4.62. The average molecular weight is 235 g/mol. The summed E-state index contributed by atoms with van der Waals surface area (Å²) in [7, 11) is 1.36. The molecule has 1 saturated carbocycles. The highest BCUT2D eigenvalue weighted by Crippen LogP contribution is 2.33. The van der Waals surface area contributed by atoms with Gasteiger partial charge in [0.2, 0.25) is 0 Å². The van der Waals surface area contributed by atoms with Gasteiger partial charge in [0.15, 0.2) is 0 Å². The first-order chi connectivity index (χ1) is 8.04. The molecule has 0 radical (unpaired) electrons. The minimum Gasteiger partial charge on any atom is -0.491 e. The molecule has 1 aliphatic rings. The molecule has 0 aliphatic heterocycles. The van der Waals surface area contributed by atoms with Gasteiger partial charge >= 0.3 is 5.97 Å². The van der Waals surface area contributed by atoms with Crippen molar-refractivity contribution >= 4 is 5.97 Å². The van der Waals surface area contributed by atoms with Gasteiger partial charge in [0.1, 0.15) is 12.4 Å². The van der Waals surface area contributed by atoms with Gasteiger partial charge in [-0.3, -0.25) is 0 Å². The van der Waals surface area contributed by atoms with E-state index in [0.717, 1.165) is 18.4 Å². The Morgan fingerprint density at radius 1 is 1.47 bits per heavy atom. The summed E-state index contributed by atoms with van der Waals surface area (Å²) in [6.07, 6.45) is 2.01. The molecular formula is C13H17NO3. The normalized spacial score (nSPS) is 16.4. The third-order valence-electron chi connectivity index (χ3n) is 3.02. The number of rotatable bonds is 4. The van der Waals surface area contributed by atoms with Crippen molar-refractivity contribution < 1.29 is 14.3 Å². The van der Waals surface area contributed by atoms with E-state index in [4.69, 9.17) is 10.5 Å². The molecule has 17 heavy (non-hydrogen) atoms. The van der Waals surface area contributed by atoms with Crippen molar-refractivity contribution in [3.8, 4) is 5.75 Å². The van der Waals surface area contributed by atoms with E-state index in [9.17, 15) is 4.79 Å². The summed E-state index contributed by atoms with van der Waals surface area (Å²) in [5.41, 5.74) is 7.28. The topological polar surface area (TPSA) is 61.5 Å². The summed E-state index contributed by atoms with van der Waals surface area (Å²) in [5, 5.41) is 0. The molecule has 0 bridgehead atoms. The van der Waals surface area contributed by atoms with Crippen molar-refractivity contribution in [3.63, 3.8) is 0 Å². The summed E-state index contributed by atoms with van der Waals surface area (Å²) in [5.74, 6) is 0.341. The molecule has 0 aromatic heterocycles. The Morgan fingerprint density at radius 3 is 2.76 bits per heavy atom. The summed E-state index contributed by atoms with van der Waals surface area (Å²) in [6.45, 7) is 2.44. The molecule has 0 unspecified atom stereocenters. The zero-order valence-electron chi connectivity index (χ0n) is 10.2. The van der Waals surface area contributed by atoms with E-state index < -0.39 is 0 Å². The third kappa shape index (κ3) is 2.77. The Hall–Kier alpha value is -1.55. The zero-order valence-corrected chi connectivity index (χ0v) is 10.2. The molecule has 1 fully saturated rings. The van der Waals surface area contributed by atoms with Crippen LogP contribution in [-0.2, 0) is 4.74 Å². The lowest BCUT2D eigenvalue weighted by Gasteiger charge is -2.13. The summed E-state index contributed by atoms with van der Waals surface area (Å²) >= 11 is 0. The number of methoxy groups -OCH3 is 1. The fourth-order valence-corrected chi connectivity index (χ4v) is 1.53. The maximum Gasteiger partial charge on any atom is 0.337 e. The Bertz CT molecular complexity index is 438. The molecule has 0 heterocycles. The van der Waals surface area contributed by atoms with Crippen LogP contribution in [0.5, 0.6) is 5.75 Å². The molecule has 0 saturated heterocycles. The van der Waals surface area contributed by atoms with Crippen LogP contribution in [0.2, 0.25) is 0 Å². The zero-order chi connectivity index (χ0) is 12.5. The first kappa shape index (κ1) is 11.9. The van der Waals surface area contributed by atoms with Crippen LogP contribution in [0.1, 0.15) is 28.8 Å². The first-order valence-corrected chi connectivity index (χ1v) is 5.65. The van der Waals surface area contributed by atoms with Gasteiger partial charge in [-0.05, 0) is 37.5 Å². The predicted molar refractivity (Wildman–Crippen MR) is 64.2 cm³/mol. The van der Waals surface area contributed by atoms with E-state index in [-0.39, 0.29) is 11.5 Å². The third-order valence-corrected chi connectivity index (χ3v) is 3.02. The van der Waals surface area contributed by atoms with E-state index in [1.807, 2.05) is 13.0 Å². The van der Waals surface area contributed by atoms with Crippen LogP contribution in [0, 0.1) is 6.92 Å². The average Bonchev–Trinajstić information content (AvgIpc) is 3.06. The van der Waals surface area contributed by atoms with Crippen LogP contribution in [0.4, 0.5) is 0 Å². The van der Waals surface area contributed by atoms with Crippen LogP contribution >= 0.6 is 0 Å². The largest absolute Gasteiger partial charge is 0.491 e. The van der Waals surface area contributed by atoms with Crippen molar-refractivity contribution in [3.05, 3.63) is 29.3 Å². The molecule has 1 aliphatic carbocycles. The monoisotopic (exact) mass is 235 g/mol. The Labute approximate surface area is 101 Å². The minimum atomic E-state index is -0.358. The Balaban J connectivity index is 2.11. The molecule has 1 aromatic rings. The Morgan fingerprint density at radius 2 is 2.18 bits per heavy atom. The fourth-order valence-electron chi connectivity index (χ4n) is 1.53. The van der Waals surface area contributed by atoms with Crippen LogP contribution in [-0.4, -0.2) is 25.2 Å². The van der Waals surface area contributed by atoms with Crippen LogP contribution in [0.15, 0.2) is 18.2 Å². The van der Waals surface area contributed by atoms with E-state index >= 15 is 0 Å². The maximum atomic E-state index is 11.4. The molecule has 4 heteroatoms. The van der Waals surface area contributed by atoms with Gasteiger partial charge in [-0.25, -0.2) is 4.79 Å². The van der Waals surface area contributed by atoms with Gasteiger partial charge in [-0.1, -0.05) is 6.07 Å². The van der Waals surface area contributed by atoms with Crippen molar-refractivity contribution in [1.29, 1.82) is 0 Å². The standard InChI is InChI=1S/C13H17NO3/c1-9-3-4-10(12(15)16-2)7-11(9)17-8-13(14)5-6-13/h3-4,7H,5-6,8,14H2,1-2H3. The molecule has 2 N–H and O–H groups in total. The predicted octanol–water partition coefficient (Wildman–Crippen LogP) is 1.65. The number of esters is 1. The van der Waals surface area contributed by atoms with Crippen molar-refractivity contribution in [2.24, 2.45) is 5.73 Å². The summed E-state index contributed by atoms with van der Waals surface area (Å²) < 4.78 is 10.3. The molecule has 0 atom stereocenters. The Kier molecular flexibility index (Phi) is 3.07. The lowest BCUT2D eigenvalue weighted by atomic mass is 10.1. The highest BCUT2D eigenvalue weighted by atomic mass is 16.5. The quantitative estimate of drug-likeness (QED) is 0.806. The van der Waals surface area contributed by atoms with Crippen molar-refractivity contribution in [1.82, 2.24) is 0 Å². The first-order valence-electron chi connectivity index (χ1n) is 5.65. The lowest BCUT2D eigenvalue weighted by Crippen LogP contribution is -2.30. The number of carbonyl (C=O) groups is 1. The SMILES string of the molecule is COC(=O)c1ccc(C)c(OCC2(N)CC2)c1. The number of aryl methyl sites for hydroxylation is 1. The van der Waals surface area contributed by atoms with Crippen molar-refractivity contribution in [2.75, 3.05) is 13.7 Å².